The molecule has 0 aromatic carbocycles. The van der Waals surface area contributed by atoms with Crippen molar-refractivity contribution in [2.75, 3.05) is 13.1 Å². The Morgan fingerprint density at radius 2 is 2.00 bits per heavy atom. The van der Waals surface area contributed by atoms with Crippen LogP contribution in [0, 0.1) is 0 Å². The van der Waals surface area contributed by atoms with Crippen LogP contribution in [0.2, 0.25) is 0 Å². The maximum atomic E-state index is 11.4. The van der Waals surface area contributed by atoms with Crippen LogP contribution in [0.1, 0.15) is 51.9 Å². The fourth-order valence-corrected chi connectivity index (χ4v) is 1.50. The van der Waals surface area contributed by atoms with Gasteiger partial charge in [-0.25, -0.2) is 0 Å². The molecular formula is C12H27N3O. The third kappa shape index (κ3) is 9.93. The van der Waals surface area contributed by atoms with Gasteiger partial charge in [0, 0.05) is 19.0 Å². The Kier molecular flexibility index (Phi) is 10.5. The summed E-state index contributed by atoms with van der Waals surface area (Å²) in [6.45, 7) is 3.63. The fraction of sp³-hybridized carbons (Fsp3) is 0.917. The van der Waals surface area contributed by atoms with Gasteiger partial charge in [-0.05, 0) is 32.2 Å². The average molecular weight is 229 g/mol. The van der Waals surface area contributed by atoms with Crippen molar-refractivity contribution in [3.63, 3.8) is 0 Å². The van der Waals surface area contributed by atoms with E-state index in [-0.39, 0.29) is 11.9 Å². The zero-order valence-electron chi connectivity index (χ0n) is 10.5. The molecule has 0 bridgehead atoms. The van der Waals surface area contributed by atoms with Crippen LogP contribution in [-0.4, -0.2) is 25.0 Å². The predicted octanol–water partition coefficient (Wildman–Crippen LogP) is 1.14. The molecular weight excluding hydrogens is 202 g/mol. The lowest BCUT2D eigenvalue weighted by atomic mass is 10.1. The molecule has 0 aromatic heterocycles. The summed E-state index contributed by atoms with van der Waals surface area (Å²) >= 11 is 0. The molecule has 5 N–H and O–H groups in total. The summed E-state index contributed by atoms with van der Waals surface area (Å²) in [5, 5.41) is 2.89. The van der Waals surface area contributed by atoms with Gasteiger partial charge in [-0.2, -0.15) is 0 Å². The van der Waals surface area contributed by atoms with E-state index >= 15 is 0 Å². The predicted molar refractivity (Wildman–Crippen MR) is 68.0 cm³/mol. The van der Waals surface area contributed by atoms with Gasteiger partial charge in [0.1, 0.15) is 0 Å². The van der Waals surface area contributed by atoms with Crippen LogP contribution in [0.4, 0.5) is 0 Å². The van der Waals surface area contributed by atoms with Crippen LogP contribution in [-0.2, 0) is 4.79 Å². The number of carbonyl (C=O) groups is 1. The van der Waals surface area contributed by atoms with Gasteiger partial charge in [-0.3, -0.25) is 4.79 Å². The monoisotopic (exact) mass is 229 g/mol. The Balaban J connectivity index is 3.36. The largest absolute Gasteiger partial charge is 0.356 e. The highest BCUT2D eigenvalue weighted by Crippen LogP contribution is 2.04. The van der Waals surface area contributed by atoms with Crippen LogP contribution in [0.25, 0.3) is 0 Å². The van der Waals surface area contributed by atoms with Gasteiger partial charge in [-0.15, -0.1) is 0 Å². The van der Waals surface area contributed by atoms with Crippen molar-refractivity contribution in [3.05, 3.63) is 0 Å². The number of rotatable bonds is 10. The smallest absolute Gasteiger partial charge is 0.220 e. The normalized spacial score (nSPS) is 12.4. The quantitative estimate of drug-likeness (QED) is 0.491. The van der Waals surface area contributed by atoms with Crippen LogP contribution < -0.4 is 16.8 Å². The Hall–Kier alpha value is -0.610. The summed E-state index contributed by atoms with van der Waals surface area (Å²) in [5.41, 5.74) is 11.3. The van der Waals surface area contributed by atoms with E-state index < -0.39 is 0 Å². The molecule has 0 heterocycles. The Morgan fingerprint density at radius 3 is 2.62 bits per heavy atom. The second-order valence-corrected chi connectivity index (χ2v) is 4.29. The summed E-state index contributed by atoms with van der Waals surface area (Å²) in [7, 11) is 0. The first-order valence-corrected chi connectivity index (χ1v) is 6.43. The number of amides is 1. The highest BCUT2D eigenvalue weighted by Gasteiger charge is 2.06. The van der Waals surface area contributed by atoms with Crippen LogP contribution in [0.15, 0.2) is 0 Å². The topological polar surface area (TPSA) is 81.1 Å². The zero-order chi connectivity index (χ0) is 12.2. The average Bonchev–Trinajstić information content (AvgIpc) is 2.27. The van der Waals surface area contributed by atoms with Crippen molar-refractivity contribution in [1.82, 2.24) is 5.32 Å². The number of nitrogens with one attached hydrogen (secondary N) is 1. The molecule has 0 aliphatic carbocycles. The highest BCUT2D eigenvalue weighted by atomic mass is 16.1. The second kappa shape index (κ2) is 10.9. The van der Waals surface area contributed by atoms with Crippen LogP contribution >= 0.6 is 0 Å². The number of hydrogen-bond donors (Lipinski definition) is 3. The van der Waals surface area contributed by atoms with E-state index in [1.165, 1.54) is 0 Å². The van der Waals surface area contributed by atoms with Crippen molar-refractivity contribution in [2.45, 2.75) is 57.9 Å². The van der Waals surface area contributed by atoms with E-state index in [0.29, 0.717) is 6.42 Å². The molecule has 0 fully saturated rings. The van der Waals surface area contributed by atoms with Gasteiger partial charge in [0.15, 0.2) is 0 Å². The van der Waals surface area contributed by atoms with Crippen molar-refractivity contribution in [2.24, 2.45) is 11.5 Å². The van der Waals surface area contributed by atoms with Gasteiger partial charge in [0.25, 0.3) is 0 Å². The van der Waals surface area contributed by atoms with Gasteiger partial charge in [-0.1, -0.05) is 19.8 Å². The first-order valence-electron chi connectivity index (χ1n) is 6.43. The molecule has 0 rings (SSSR count). The molecule has 1 unspecified atom stereocenters. The van der Waals surface area contributed by atoms with Crippen molar-refractivity contribution in [3.8, 4) is 0 Å². The molecule has 4 heteroatoms. The summed E-state index contributed by atoms with van der Waals surface area (Å²) in [6.07, 6.45) is 6.55. The SMILES string of the molecule is CCCCNC(=O)CCC(N)CCCCN. The van der Waals surface area contributed by atoms with E-state index in [4.69, 9.17) is 11.5 Å². The molecule has 0 saturated heterocycles. The summed E-state index contributed by atoms with van der Waals surface area (Å²) < 4.78 is 0. The second-order valence-electron chi connectivity index (χ2n) is 4.29. The maximum Gasteiger partial charge on any atom is 0.220 e. The molecule has 1 amide bonds. The first-order chi connectivity index (χ1) is 7.70. The van der Waals surface area contributed by atoms with E-state index in [2.05, 4.69) is 12.2 Å². The van der Waals surface area contributed by atoms with Crippen molar-refractivity contribution < 1.29 is 4.79 Å². The van der Waals surface area contributed by atoms with E-state index in [0.717, 1.165) is 51.6 Å². The summed E-state index contributed by atoms with van der Waals surface area (Å²) in [5.74, 6) is 0.128. The highest BCUT2D eigenvalue weighted by molar-refractivity contribution is 5.75. The van der Waals surface area contributed by atoms with Gasteiger partial charge < -0.3 is 16.8 Å². The minimum Gasteiger partial charge on any atom is -0.356 e. The molecule has 0 aliphatic heterocycles. The minimum atomic E-state index is 0.128. The standard InChI is InChI=1S/C12H27N3O/c1-2-3-10-15-12(16)8-7-11(14)6-4-5-9-13/h11H,2-10,13-14H2,1H3,(H,15,16). The molecule has 96 valence electrons. The molecule has 1 atom stereocenters. The third-order valence-corrected chi connectivity index (χ3v) is 2.62. The molecule has 0 aliphatic rings. The molecule has 16 heavy (non-hydrogen) atoms. The van der Waals surface area contributed by atoms with Crippen LogP contribution in [0.3, 0.4) is 0 Å². The fourth-order valence-electron chi connectivity index (χ4n) is 1.50. The maximum absolute atomic E-state index is 11.4. The van der Waals surface area contributed by atoms with Crippen molar-refractivity contribution in [1.29, 1.82) is 0 Å². The molecule has 0 spiro atoms. The van der Waals surface area contributed by atoms with E-state index in [1.807, 2.05) is 0 Å². The third-order valence-electron chi connectivity index (χ3n) is 2.62. The van der Waals surface area contributed by atoms with Gasteiger partial charge in [0.05, 0.1) is 0 Å². The van der Waals surface area contributed by atoms with Crippen LogP contribution in [0.5, 0.6) is 0 Å². The first kappa shape index (κ1) is 15.4. The number of nitrogens with two attached hydrogens (primary N) is 2. The Labute approximate surface area is 99.1 Å². The number of hydrogen-bond acceptors (Lipinski definition) is 3. The molecule has 0 radical (unpaired) electrons. The van der Waals surface area contributed by atoms with Gasteiger partial charge >= 0.3 is 0 Å². The Morgan fingerprint density at radius 1 is 1.25 bits per heavy atom. The van der Waals surface area contributed by atoms with Crippen molar-refractivity contribution >= 4 is 5.91 Å². The van der Waals surface area contributed by atoms with Gasteiger partial charge in [0.2, 0.25) is 5.91 Å². The summed E-state index contributed by atoms with van der Waals surface area (Å²) in [4.78, 5) is 11.4. The lowest BCUT2D eigenvalue weighted by Crippen LogP contribution is -2.27. The lowest BCUT2D eigenvalue weighted by Gasteiger charge is -2.10. The molecule has 4 nitrogen and oxygen atoms in total. The number of unbranched alkanes of at least 4 members (excludes halogenated alkanes) is 2. The minimum absolute atomic E-state index is 0.128. The Bertz CT molecular complexity index is 174. The zero-order valence-corrected chi connectivity index (χ0v) is 10.5. The molecule has 0 saturated carbocycles. The molecule has 0 aromatic rings. The lowest BCUT2D eigenvalue weighted by molar-refractivity contribution is -0.121. The van der Waals surface area contributed by atoms with E-state index in [9.17, 15) is 4.79 Å². The summed E-state index contributed by atoms with van der Waals surface area (Å²) in [6, 6.07) is 0.142. The van der Waals surface area contributed by atoms with E-state index in [1.54, 1.807) is 0 Å². The number of carbonyl (C=O) groups excluding carboxylic acids is 1.